The maximum Gasteiger partial charge on any atom is 0.108 e. The van der Waals surface area contributed by atoms with Gasteiger partial charge in [-0.15, -0.1) is 0 Å². The third kappa shape index (κ3) is 2.14. The summed E-state index contributed by atoms with van der Waals surface area (Å²) < 4.78 is 0. The molecule has 0 N–H and O–H groups in total. The fraction of sp³-hybridized carbons (Fsp3) is 0.615. The lowest BCUT2D eigenvalue weighted by atomic mass is 10.1. The first-order valence-corrected chi connectivity index (χ1v) is 6.04. The van der Waals surface area contributed by atoms with Crippen LogP contribution < -0.4 is 0 Å². The molecule has 0 amide bonds. The van der Waals surface area contributed by atoms with Gasteiger partial charge in [-0.3, -0.25) is 0 Å². The van der Waals surface area contributed by atoms with Crippen LogP contribution >= 0.6 is 0 Å². The average Bonchev–Trinajstić information content (AvgIpc) is 2.59. The Kier molecular flexibility index (Phi) is 3.24. The van der Waals surface area contributed by atoms with Crippen LogP contribution in [-0.2, 0) is 0 Å². The van der Waals surface area contributed by atoms with E-state index in [0.29, 0.717) is 0 Å². The highest BCUT2D eigenvalue weighted by molar-refractivity contribution is 5.86. The maximum absolute atomic E-state index is 4.57. The Hall–Kier alpha value is -1.05. The Morgan fingerprint density at radius 1 is 1.27 bits per heavy atom. The Bertz CT molecular complexity index is 319. The lowest BCUT2D eigenvalue weighted by molar-refractivity contribution is 0.457. The van der Waals surface area contributed by atoms with E-state index in [0.717, 1.165) is 19.5 Å². The molecule has 82 valence electrons. The average molecular weight is 204 g/mol. The summed E-state index contributed by atoms with van der Waals surface area (Å²) in [6.45, 7) is 6.52. The van der Waals surface area contributed by atoms with Gasteiger partial charge < -0.3 is 4.90 Å². The second-order valence-corrected chi connectivity index (χ2v) is 4.19. The van der Waals surface area contributed by atoms with Gasteiger partial charge in [-0.05, 0) is 44.8 Å². The van der Waals surface area contributed by atoms with Crippen molar-refractivity contribution in [2.45, 2.75) is 39.5 Å². The van der Waals surface area contributed by atoms with E-state index in [1.807, 2.05) is 6.20 Å². The summed E-state index contributed by atoms with van der Waals surface area (Å²) in [5.41, 5.74) is 3.16. The predicted octanol–water partition coefficient (Wildman–Crippen LogP) is 3.12. The van der Waals surface area contributed by atoms with Gasteiger partial charge in [0, 0.05) is 25.7 Å². The smallest absolute Gasteiger partial charge is 0.108 e. The van der Waals surface area contributed by atoms with Crippen molar-refractivity contribution < 1.29 is 0 Å². The third-order valence-corrected chi connectivity index (χ3v) is 3.38. The van der Waals surface area contributed by atoms with Crippen LogP contribution in [0.15, 0.2) is 28.4 Å². The summed E-state index contributed by atoms with van der Waals surface area (Å²) in [5, 5.41) is 0. The second-order valence-electron chi connectivity index (χ2n) is 4.19. The molecule has 0 atom stereocenters. The molecule has 0 radical (unpaired) electrons. The highest BCUT2D eigenvalue weighted by Gasteiger charge is 2.18. The SMILES string of the molecule is CCN(CC)C1=NC=CC2=C(CCC2)C1. The fourth-order valence-corrected chi connectivity index (χ4v) is 2.46. The molecule has 0 spiro atoms. The molecule has 0 aromatic heterocycles. The van der Waals surface area contributed by atoms with Crippen LogP contribution in [0, 0.1) is 0 Å². The van der Waals surface area contributed by atoms with Gasteiger partial charge in [-0.2, -0.15) is 0 Å². The molecule has 0 aromatic carbocycles. The summed E-state index contributed by atoms with van der Waals surface area (Å²) >= 11 is 0. The van der Waals surface area contributed by atoms with Gasteiger partial charge in [0.25, 0.3) is 0 Å². The van der Waals surface area contributed by atoms with Crippen molar-refractivity contribution in [3.8, 4) is 0 Å². The Morgan fingerprint density at radius 2 is 2.07 bits per heavy atom. The largest absolute Gasteiger partial charge is 0.360 e. The lowest BCUT2D eigenvalue weighted by Gasteiger charge is -2.22. The zero-order valence-corrected chi connectivity index (χ0v) is 9.79. The normalized spacial score (nSPS) is 20.0. The minimum absolute atomic E-state index is 1.06. The van der Waals surface area contributed by atoms with Crippen molar-refractivity contribution in [1.82, 2.24) is 4.90 Å². The van der Waals surface area contributed by atoms with E-state index in [9.17, 15) is 0 Å². The number of allylic oxidation sites excluding steroid dienone is 2. The van der Waals surface area contributed by atoms with E-state index in [2.05, 4.69) is 29.8 Å². The van der Waals surface area contributed by atoms with Crippen molar-refractivity contribution >= 4 is 5.84 Å². The monoisotopic (exact) mass is 204 g/mol. The molecule has 1 heterocycles. The van der Waals surface area contributed by atoms with Crippen molar-refractivity contribution in [1.29, 1.82) is 0 Å². The van der Waals surface area contributed by atoms with Crippen LogP contribution in [0.25, 0.3) is 0 Å². The van der Waals surface area contributed by atoms with E-state index in [4.69, 9.17) is 0 Å². The zero-order valence-electron chi connectivity index (χ0n) is 9.79. The molecule has 15 heavy (non-hydrogen) atoms. The van der Waals surface area contributed by atoms with E-state index >= 15 is 0 Å². The molecule has 1 aliphatic heterocycles. The highest BCUT2D eigenvalue weighted by Crippen LogP contribution is 2.31. The molecule has 2 aliphatic rings. The summed E-state index contributed by atoms with van der Waals surface area (Å²) in [7, 11) is 0. The molecule has 0 saturated carbocycles. The second kappa shape index (κ2) is 4.65. The van der Waals surface area contributed by atoms with Gasteiger partial charge in [0.05, 0.1) is 0 Å². The van der Waals surface area contributed by atoms with Gasteiger partial charge in [-0.1, -0.05) is 5.57 Å². The van der Waals surface area contributed by atoms with Gasteiger partial charge in [-0.25, -0.2) is 4.99 Å². The quantitative estimate of drug-likeness (QED) is 0.674. The first-order chi connectivity index (χ1) is 7.35. The number of hydrogen-bond acceptors (Lipinski definition) is 2. The van der Waals surface area contributed by atoms with Crippen molar-refractivity contribution in [3.63, 3.8) is 0 Å². The summed E-state index contributed by atoms with van der Waals surface area (Å²) in [6.07, 6.45) is 9.14. The Morgan fingerprint density at radius 3 is 2.80 bits per heavy atom. The molecule has 0 fully saturated rings. The maximum atomic E-state index is 4.57. The van der Waals surface area contributed by atoms with Crippen molar-refractivity contribution in [2.24, 2.45) is 4.99 Å². The third-order valence-electron chi connectivity index (χ3n) is 3.38. The fourth-order valence-electron chi connectivity index (χ4n) is 2.46. The molecular formula is C13H20N2. The summed E-state index contributed by atoms with van der Waals surface area (Å²) in [5.74, 6) is 1.25. The first-order valence-electron chi connectivity index (χ1n) is 6.04. The van der Waals surface area contributed by atoms with Crippen LogP contribution in [0.5, 0.6) is 0 Å². The van der Waals surface area contributed by atoms with Gasteiger partial charge >= 0.3 is 0 Å². The number of aliphatic imine (C=N–C) groups is 1. The Balaban J connectivity index is 2.16. The van der Waals surface area contributed by atoms with Crippen LogP contribution in [0.1, 0.15) is 39.5 Å². The summed E-state index contributed by atoms with van der Waals surface area (Å²) in [4.78, 5) is 6.93. The van der Waals surface area contributed by atoms with Crippen LogP contribution in [-0.4, -0.2) is 23.8 Å². The number of nitrogens with zero attached hydrogens (tertiary/aromatic N) is 2. The molecule has 0 bridgehead atoms. The van der Waals surface area contributed by atoms with E-state index < -0.39 is 0 Å². The molecule has 2 heteroatoms. The lowest BCUT2D eigenvalue weighted by Crippen LogP contribution is -2.30. The molecule has 0 unspecified atom stereocenters. The first kappa shape index (κ1) is 10.5. The predicted molar refractivity (Wildman–Crippen MR) is 65.0 cm³/mol. The van der Waals surface area contributed by atoms with E-state index in [1.54, 1.807) is 11.1 Å². The number of rotatable bonds is 2. The minimum atomic E-state index is 1.06. The molecule has 2 rings (SSSR count). The Labute approximate surface area is 92.4 Å². The molecule has 0 saturated heterocycles. The number of amidine groups is 1. The van der Waals surface area contributed by atoms with Crippen molar-refractivity contribution in [2.75, 3.05) is 13.1 Å². The summed E-state index contributed by atoms with van der Waals surface area (Å²) in [6, 6.07) is 0. The van der Waals surface area contributed by atoms with Gasteiger partial charge in [0.15, 0.2) is 0 Å². The van der Waals surface area contributed by atoms with Crippen LogP contribution in [0.4, 0.5) is 0 Å². The highest BCUT2D eigenvalue weighted by atomic mass is 15.2. The number of hydrogen-bond donors (Lipinski definition) is 0. The van der Waals surface area contributed by atoms with Gasteiger partial charge in [0.1, 0.15) is 5.84 Å². The van der Waals surface area contributed by atoms with Crippen LogP contribution in [0.3, 0.4) is 0 Å². The van der Waals surface area contributed by atoms with Crippen molar-refractivity contribution in [3.05, 3.63) is 23.4 Å². The van der Waals surface area contributed by atoms with E-state index in [1.165, 1.54) is 25.1 Å². The van der Waals surface area contributed by atoms with E-state index in [-0.39, 0.29) is 0 Å². The molecule has 2 nitrogen and oxygen atoms in total. The topological polar surface area (TPSA) is 15.6 Å². The molecule has 1 aliphatic carbocycles. The molecule has 0 aromatic rings. The van der Waals surface area contributed by atoms with Crippen LogP contribution in [0.2, 0.25) is 0 Å². The minimum Gasteiger partial charge on any atom is -0.360 e. The molecular weight excluding hydrogens is 184 g/mol. The standard InChI is InChI=1S/C13H20N2/c1-3-15(4-2)13-10-12-7-5-6-11(12)8-9-14-13/h8-9H,3-7,10H2,1-2H3. The zero-order chi connectivity index (χ0) is 10.7. The van der Waals surface area contributed by atoms with Gasteiger partial charge in [0.2, 0.25) is 0 Å².